The van der Waals surface area contributed by atoms with Crippen LogP contribution >= 0.6 is 0 Å². The van der Waals surface area contributed by atoms with Gasteiger partial charge < -0.3 is 24.0 Å². The number of aliphatic hydroxyl groups excluding tert-OH is 1. The third-order valence-corrected chi connectivity index (χ3v) is 6.14. The van der Waals surface area contributed by atoms with Crippen LogP contribution in [0.1, 0.15) is 18.2 Å². The van der Waals surface area contributed by atoms with Crippen molar-refractivity contribution < 1.29 is 19.4 Å². The number of amides is 1. The summed E-state index contributed by atoms with van der Waals surface area (Å²) in [6, 6.07) is 24.9. The Morgan fingerprint density at radius 2 is 1.71 bits per heavy atom. The van der Waals surface area contributed by atoms with Gasteiger partial charge in [-0.25, -0.2) is 4.98 Å². The quantitative estimate of drug-likeness (QED) is 0.433. The maximum Gasteiger partial charge on any atom is 0.227 e. The summed E-state index contributed by atoms with van der Waals surface area (Å²) in [6.45, 7) is 0.965. The van der Waals surface area contributed by atoms with E-state index in [2.05, 4.69) is 0 Å². The zero-order chi connectivity index (χ0) is 23.5. The van der Waals surface area contributed by atoms with Crippen molar-refractivity contribution >= 4 is 22.6 Å². The average Bonchev–Trinajstić information content (AvgIpc) is 3.44. The van der Waals surface area contributed by atoms with E-state index in [1.165, 1.54) is 0 Å². The predicted octanol–water partition coefficient (Wildman–Crippen LogP) is 4.01. The first-order chi connectivity index (χ1) is 16.6. The first-order valence-corrected chi connectivity index (χ1v) is 11.4. The number of methoxy groups -OCH3 is 1. The molecule has 0 unspecified atom stereocenters. The number of hydrogen-bond donors (Lipinski definition) is 1. The van der Waals surface area contributed by atoms with E-state index in [0.29, 0.717) is 31.0 Å². The molecule has 0 radical (unpaired) electrons. The topological polar surface area (TPSA) is 76.8 Å². The fraction of sp³-hybridized carbons (Fsp3) is 0.259. The van der Waals surface area contributed by atoms with Gasteiger partial charge in [0.25, 0.3) is 0 Å². The number of fused-ring (bicyclic) bond motifs is 1. The molecule has 2 heterocycles. The second-order valence-corrected chi connectivity index (χ2v) is 8.43. The number of benzene rings is 3. The van der Waals surface area contributed by atoms with E-state index >= 15 is 0 Å². The first-order valence-electron chi connectivity index (χ1n) is 11.4. The summed E-state index contributed by atoms with van der Waals surface area (Å²) in [5.41, 5.74) is 2.67. The largest absolute Gasteiger partial charge is 0.493 e. The molecule has 1 amide bonds. The van der Waals surface area contributed by atoms with Crippen LogP contribution in [0.3, 0.4) is 0 Å². The molecule has 34 heavy (non-hydrogen) atoms. The van der Waals surface area contributed by atoms with Gasteiger partial charge >= 0.3 is 0 Å². The molecule has 1 fully saturated rings. The van der Waals surface area contributed by atoms with E-state index in [-0.39, 0.29) is 18.4 Å². The Morgan fingerprint density at radius 3 is 2.50 bits per heavy atom. The van der Waals surface area contributed by atoms with Crippen molar-refractivity contribution in [2.75, 3.05) is 25.2 Å². The van der Waals surface area contributed by atoms with Gasteiger partial charge in [-0.2, -0.15) is 0 Å². The minimum atomic E-state index is -0.774. The fourth-order valence-corrected chi connectivity index (χ4v) is 4.52. The lowest BCUT2D eigenvalue weighted by Gasteiger charge is -2.19. The van der Waals surface area contributed by atoms with Gasteiger partial charge in [0.15, 0.2) is 11.5 Å². The van der Waals surface area contributed by atoms with Gasteiger partial charge in [0.05, 0.1) is 24.7 Å². The third kappa shape index (κ3) is 4.34. The number of imidazole rings is 1. The highest BCUT2D eigenvalue weighted by molar-refractivity contribution is 5.96. The van der Waals surface area contributed by atoms with Crippen molar-refractivity contribution in [1.82, 2.24) is 9.55 Å². The van der Waals surface area contributed by atoms with E-state index in [1.807, 2.05) is 88.3 Å². The summed E-state index contributed by atoms with van der Waals surface area (Å²) in [6.07, 6.45) is -0.393. The highest BCUT2D eigenvalue weighted by Gasteiger charge is 2.35. The molecule has 1 N–H and O–H groups in total. The number of anilines is 1. The maximum atomic E-state index is 12.8. The Labute approximate surface area is 198 Å². The SMILES string of the molecule is COc1ccccc1OC[C@H](O)Cn1c([C@@H]2CC(=O)N(c3ccccc3)C2)nc2ccccc21. The van der Waals surface area contributed by atoms with Crippen molar-refractivity contribution in [3.63, 3.8) is 0 Å². The molecule has 1 saturated heterocycles. The average molecular weight is 458 g/mol. The summed E-state index contributed by atoms with van der Waals surface area (Å²) in [4.78, 5) is 19.5. The number of rotatable bonds is 8. The standard InChI is InChI=1S/C27H27N3O4/c1-33-24-13-7-8-14-25(24)34-18-21(31)17-30-23-12-6-5-11-22(23)28-27(30)19-15-26(32)29(16-19)20-9-3-2-4-10-20/h2-14,19,21,31H,15-18H2,1H3/t19-,21-/m1/s1. The van der Waals surface area contributed by atoms with E-state index in [0.717, 1.165) is 22.5 Å². The molecule has 4 aromatic rings. The third-order valence-electron chi connectivity index (χ3n) is 6.14. The second-order valence-electron chi connectivity index (χ2n) is 8.43. The van der Waals surface area contributed by atoms with Crippen molar-refractivity contribution in [2.24, 2.45) is 0 Å². The number of aliphatic hydroxyl groups is 1. The molecule has 1 aromatic heterocycles. The van der Waals surface area contributed by atoms with Crippen molar-refractivity contribution in [3.8, 4) is 11.5 Å². The van der Waals surface area contributed by atoms with Crippen molar-refractivity contribution in [2.45, 2.75) is 25.0 Å². The summed E-state index contributed by atoms with van der Waals surface area (Å²) in [5.74, 6) is 2.02. The molecule has 2 atom stereocenters. The second kappa shape index (κ2) is 9.57. The smallest absolute Gasteiger partial charge is 0.227 e. The minimum Gasteiger partial charge on any atom is -0.493 e. The number of hydrogen-bond acceptors (Lipinski definition) is 5. The van der Waals surface area contributed by atoms with Crippen LogP contribution in [-0.4, -0.2) is 46.9 Å². The highest BCUT2D eigenvalue weighted by atomic mass is 16.5. The summed E-state index contributed by atoms with van der Waals surface area (Å²) in [5, 5.41) is 10.9. The van der Waals surface area contributed by atoms with E-state index in [4.69, 9.17) is 14.5 Å². The van der Waals surface area contributed by atoms with Gasteiger partial charge in [-0.05, 0) is 36.4 Å². The number of carbonyl (C=O) groups is 1. The summed E-state index contributed by atoms with van der Waals surface area (Å²) < 4.78 is 13.2. The molecule has 0 spiro atoms. The van der Waals surface area contributed by atoms with Crippen LogP contribution in [-0.2, 0) is 11.3 Å². The summed E-state index contributed by atoms with van der Waals surface area (Å²) in [7, 11) is 1.59. The molecule has 0 saturated carbocycles. The number of carbonyl (C=O) groups excluding carboxylic acids is 1. The normalized spacial score (nSPS) is 16.7. The number of nitrogens with zero attached hydrogens (tertiary/aromatic N) is 3. The molecule has 3 aromatic carbocycles. The monoisotopic (exact) mass is 457 g/mol. The van der Waals surface area contributed by atoms with E-state index in [1.54, 1.807) is 7.11 Å². The molecule has 1 aliphatic rings. The molecule has 174 valence electrons. The molecule has 0 bridgehead atoms. The molecule has 7 nitrogen and oxygen atoms in total. The first kappa shape index (κ1) is 22.0. The zero-order valence-electron chi connectivity index (χ0n) is 19.0. The number of aromatic nitrogens is 2. The zero-order valence-corrected chi connectivity index (χ0v) is 19.0. The van der Waals surface area contributed by atoms with Crippen LogP contribution < -0.4 is 14.4 Å². The lowest BCUT2D eigenvalue weighted by atomic mass is 10.1. The molecule has 0 aliphatic carbocycles. The van der Waals surface area contributed by atoms with Crippen LogP contribution in [0.2, 0.25) is 0 Å². The van der Waals surface area contributed by atoms with Crippen LogP contribution in [0, 0.1) is 0 Å². The molecule has 5 rings (SSSR count). The highest BCUT2D eigenvalue weighted by Crippen LogP contribution is 2.33. The molecule has 1 aliphatic heterocycles. The minimum absolute atomic E-state index is 0.0672. The Balaban J connectivity index is 1.38. The molecular weight excluding hydrogens is 430 g/mol. The number of ether oxygens (including phenoxy) is 2. The number of para-hydroxylation sites is 5. The Hall–Kier alpha value is -3.84. The van der Waals surface area contributed by atoms with Crippen LogP contribution in [0.5, 0.6) is 11.5 Å². The lowest BCUT2D eigenvalue weighted by molar-refractivity contribution is -0.117. The van der Waals surface area contributed by atoms with Crippen molar-refractivity contribution in [3.05, 3.63) is 84.7 Å². The lowest BCUT2D eigenvalue weighted by Crippen LogP contribution is -2.26. The van der Waals surface area contributed by atoms with Gasteiger partial charge in [-0.15, -0.1) is 0 Å². The van der Waals surface area contributed by atoms with Crippen LogP contribution in [0.4, 0.5) is 5.69 Å². The Kier molecular flexibility index (Phi) is 6.18. The van der Waals surface area contributed by atoms with Gasteiger partial charge in [0.2, 0.25) is 5.91 Å². The van der Waals surface area contributed by atoms with Gasteiger partial charge in [-0.3, -0.25) is 4.79 Å². The molecular formula is C27H27N3O4. The van der Waals surface area contributed by atoms with Gasteiger partial charge in [0.1, 0.15) is 18.5 Å². The molecule has 7 heteroatoms. The van der Waals surface area contributed by atoms with Crippen LogP contribution in [0.15, 0.2) is 78.9 Å². The van der Waals surface area contributed by atoms with Crippen molar-refractivity contribution in [1.29, 1.82) is 0 Å². The summed E-state index contributed by atoms with van der Waals surface area (Å²) >= 11 is 0. The predicted molar refractivity (Wildman–Crippen MR) is 130 cm³/mol. The van der Waals surface area contributed by atoms with Crippen LogP contribution in [0.25, 0.3) is 11.0 Å². The fourth-order valence-electron chi connectivity index (χ4n) is 4.52. The Bertz CT molecular complexity index is 1290. The van der Waals surface area contributed by atoms with Gasteiger partial charge in [-0.1, -0.05) is 42.5 Å². The van der Waals surface area contributed by atoms with E-state index in [9.17, 15) is 9.90 Å². The van der Waals surface area contributed by atoms with E-state index < -0.39 is 6.10 Å². The maximum absolute atomic E-state index is 12.8. The van der Waals surface area contributed by atoms with Gasteiger partial charge in [0, 0.05) is 24.6 Å². The Morgan fingerprint density at radius 1 is 1.00 bits per heavy atom.